The quantitative estimate of drug-likeness (QED) is 0.195. The second kappa shape index (κ2) is 9.44. The average Bonchev–Trinajstić information content (AvgIpc) is 3.60. The van der Waals surface area contributed by atoms with Gasteiger partial charge in [-0.3, -0.25) is 0 Å². The van der Waals surface area contributed by atoms with Gasteiger partial charge in [0.1, 0.15) is 11.2 Å². The largest absolute Gasteiger partial charge is 0.455 e. The van der Waals surface area contributed by atoms with Crippen molar-refractivity contribution in [1.29, 1.82) is 0 Å². The Labute approximate surface area is 271 Å². The molecule has 8 aromatic carbocycles. The lowest BCUT2D eigenvalue weighted by molar-refractivity contribution is 0.670. The van der Waals surface area contributed by atoms with Crippen molar-refractivity contribution in [2.45, 2.75) is 0 Å². The van der Waals surface area contributed by atoms with E-state index in [0.717, 1.165) is 0 Å². The van der Waals surface area contributed by atoms with Crippen LogP contribution >= 0.6 is 0 Å². The molecule has 0 fully saturated rings. The Morgan fingerprint density at radius 1 is 0.419 bits per heavy atom. The lowest BCUT2D eigenvalue weighted by Gasteiger charge is -2.19. The molecule has 0 aliphatic carbocycles. The van der Waals surface area contributed by atoms with Crippen LogP contribution in [-0.4, -0.2) is 0 Å². The van der Waals surface area contributed by atoms with Crippen LogP contribution in [0.2, 0.25) is 0 Å². The molecule has 1 nitrogen and oxygen atoms in total. The molecule has 0 unspecified atom stereocenters. The van der Waals surface area contributed by atoms with Crippen molar-refractivity contribution in [3.05, 3.63) is 157 Å². The number of furan rings is 1. The first-order chi connectivity index (χ1) is 27.9. The molecule has 1 aromatic heterocycles. The van der Waals surface area contributed by atoms with Crippen molar-refractivity contribution in [2.75, 3.05) is 0 Å². The van der Waals surface area contributed by atoms with Gasteiger partial charge in [-0.2, -0.15) is 0 Å². The van der Waals surface area contributed by atoms with Gasteiger partial charge in [-0.25, -0.2) is 0 Å². The lowest BCUT2D eigenvalue weighted by Crippen LogP contribution is -1.92. The molecule has 9 aromatic rings. The number of hydrogen-bond donors (Lipinski definition) is 0. The third-order valence-electron chi connectivity index (χ3n) is 7.79. The molecule has 1 heterocycles. The molecule has 0 bridgehead atoms. The lowest BCUT2D eigenvalue weighted by atomic mass is 9.84. The maximum Gasteiger partial charge on any atom is 0.143 e. The summed E-state index contributed by atoms with van der Waals surface area (Å²) in [5, 5.41) is 1.60. The highest BCUT2D eigenvalue weighted by molar-refractivity contribution is 6.23. The molecule has 200 valence electrons. The summed E-state index contributed by atoms with van der Waals surface area (Å²) in [5.74, 6) is 0. The van der Waals surface area contributed by atoms with Crippen molar-refractivity contribution in [1.82, 2.24) is 0 Å². The first-order valence-corrected chi connectivity index (χ1v) is 13.4. The van der Waals surface area contributed by atoms with Gasteiger partial charge in [-0.05, 0) is 72.2 Å². The number of rotatable bonds is 3. The van der Waals surface area contributed by atoms with Crippen LogP contribution in [0.1, 0.15) is 21.9 Å². The van der Waals surface area contributed by atoms with Crippen LogP contribution in [0.25, 0.3) is 87.6 Å². The topological polar surface area (TPSA) is 13.1 Å². The summed E-state index contributed by atoms with van der Waals surface area (Å²) in [4.78, 5) is 0. The van der Waals surface area contributed by atoms with Crippen LogP contribution < -0.4 is 0 Å². The monoisotopic (exact) mass is 562 g/mol. The predicted molar refractivity (Wildman–Crippen MR) is 183 cm³/mol. The molecule has 0 amide bonds. The Hall–Kier alpha value is -5.66. The summed E-state index contributed by atoms with van der Waals surface area (Å²) in [6.45, 7) is 0. The second-order valence-electron chi connectivity index (χ2n) is 10.1. The Morgan fingerprint density at radius 3 is 1.86 bits per heavy atom. The first-order valence-electron chi connectivity index (χ1n) is 21.4. The summed E-state index contributed by atoms with van der Waals surface area (Å²) in [7, 11) is 0. The van der Waals surface area contributed by atoms with Crippen LogP contribution in [0, 0.1) is 0 Å². The van der Waals surface area contributed by atoms with Crippen LogP contribution in [0.5, 0.6) is 0 Å². The van der Waals surface area contributed by atoms with Crippen molar-refractivity contribution < 1.29 is 26.3 Å². The third kappa shape index (κ3) is 3.65. The molecule has 0 aliphatic rings. The van der Waals surface area contributed by atoms with Crippen molar-refractivity contribution in [3.63, 3.8) is 0 Å². The molecule has 0 aliphatic heterocycles. The van der Waals surface area contributed by atoms with E-state index in [1.54, 1.807) is 24.3 Å². The van der Waals surface area contributed by atoms with E-state index in [4.69, 9.17) is 26.3 Å². The van der Waals surface area contributed by atoms with Gasteiger partial charge >= 0.3 is 0 Å². The molecule has 0 saturated heterocycles. The van der Waals surface area contributed by atoms with E-state index in [9.17, 15) is 0 Å². The minimum absolute atomic E-state index is 0.0264. The predicted octanol–water partition coefficient (Wildman–Crippen LogP) is 12.0. The van der Waals surface area contributed by atoms with Gasteiger partial charge in [0.25, 0.3) is 0 Å². The highest BCUT2D eigenvalue weighted by atomic mass is 16.3. The highest BCUT2D eigenvalue weighted by Crippen LogP contribution is 2.46. The minimum atomic E-state index is -0.547. The van der Waals surface area contributed by atoms with Crippen molar-refractivity contribution in [2.24, 2.45) is 0 Å². The standard InChI is InChI=1S/C42H26O/c1-2-16-30-27(12-1)13-10-23-33(30)41-36-20-5-3-18-34(36)40(35-19-4-6-21-37(35)41)29-15-9-14-28(26-29)31-22-11-24-38-32-17-7-8-25-39(32)43-42(31)38/h1-26H/i1D,2D,3D,4D,5D,6D,7D,8D,10D,11D,12D,13D,17D,22D,24D,25D. The van der Waals surface area contributed by atoms with E-state index in [-0.39, 0.29) is 86.1 Å². The van der Waals surface area contributed by atoms with Gasteiger partial charge in [0, 0.05) is 16.3 Å². The number of para-hydroxylation sites is 2. The van der Waals surface area contributed by atoms with Gasteiger partial charge in [-0.1, -0.05) is 145 Å². The Morgan fingerprint density at radius 2 is 1.05 bits per heavy atom. The molecule has 1 heteroatoms. The van der Waals surface area contributed by atoms with Crippen LogP contribution in [0.3, 0.4) is 0 Å². The normalized spacial score (nSPS) is 16.9. The maximum absolute atomic E-state index is 9.03. The van der Waals surface area contributed by atoms with E-state index in [1.165, 1.54) is 36.4 Å². The summed E-state index contributed by atoms with van der Waals surface area (Å²) >= 11 is 0. The zero-order chi connectivity index (χ0) is 42.3. The maximum atomic E-state index is 9.03. The number of hydrogen-bond acceptors (Lipinski definition) is 1. The molecule has 0 atom stereocenters. The minimum Gasteiger partial charge on any atom is -0.455 e. The van der Waals surface area contributed by atoms with Crippen LogP contribution in [-0.2, 0) is 0 Å². The fourth-order valence-corrected chi connectivity index (χ4v) is 5.97. The molecular formula is C42H26O. The SMILES string of the molecule is [2H]c1cc2c(-c3cccc(-c4c([2H])c([2H])c([2H])c5c4oc4c([2H])c([2H])c([2H])c([2H])c45)c3)c3cc([2H])c([2H])cc3c(-c3cc([2H])c([2H])c4c([2H])c([2H])c([2H])cc34)c2cc1[2H]. The van der Waals surface area contributed by atoms with Crippen molar-refractivity contribution in [3.8, 4) is 33.4 Å². The second-order valence-corrected chi connectivity index (χ2v) is 10.1. The zero-order valence-corrected chi connectivity index (χ0v) is 22.2. The Bertz CT molecular complexity index is 3340. The third-order valence-corrected chi connectivity index (χ3v) is 7.79. The van der Waals surface area contributed by atoms with E-state index >= 15 is 0 Å². The van der Waals surface area contributed by atoms with Crippen LogP contribution in [0.4, 0.5) is 0 Å². The molecule has 0 spiro atoms. The fourth-order valence-electron chi connectivity index (χ4n) is 5.97. The first kappa shape index (κ1) is 13.1. The summed E-state index contributed by atoms with van der Waals surface area (Å²) in [6.07, 6.45) is 0. The molecule has 0 radical (unpaired) electrons. The molecule has 0 saturated carbocycles. The van der Waals surface area contributed by atoms with Gasteiger partial charge in [0.05, 0.1) is 21.9 Å². The molecule has 0 N–H and O–H groups in total. The number of fused-ring (bicyclic) bond motifs is 6. The zero-order valence-electron chi connectivity index (χ0n) is 38.2. The molecule has 9 rings (SSSR count). The van der Waals surface area contributed by atoms with E-state index in [1.807, 2.05) is 0 Å². The summed E-state index contributed by atoms with van der Waals surface area (Å²) in [5.41, 5.74) is 1.58. The summed E-state index contributed by atoms with van der Waals surface area (Å²) in [6, 6.07) is 9.63. The van der Waals surface area contributed by atoms with E-state index in [2.05, 4.69) is 0 Å². The Kier molecular flexibility index (Phi) is 2.88. The van der Waals surface area contributed by atoms with Gasteiger partial charge < -0.3 is 4.42 Å². The van der Waals surface area contributed by atoms with Crippen molar-refractivity contribution >= 4 is 54.3 Å². The van der Waals surface area contributed by atoms with E-state index < -0.39 is 54.4 Å². The van der Waals surface area contributed by atoms with E-state index in [0.29, 0.717) is 43.8 Å². The Balaban J connectivity index is 1.43. The van der Waals surface area contributed by atoms with Gasteiger partial charge in [0.2, 0.25) is 0 Å². The fraction of sp³-hybridized carbons (Fsp3) is 0. The number of benzene rings is 8. The summed E-state index contributed by atoms with van der Waals surface area (Å²) < 4.78 is 144. The smallest absolute Gasteiger partial charge is 0.143 e. The molecule has 43 heavy (non-hydrogen) atoms. The van der Waals surface area contributed by atoms with Crippen LogP contribution in [0.15, 0.2) is 162 Å². The van der Waals surface area contributed by atoms with Gasteiger partial charge in [0.15, 0.2) is 0 Å². The highest BCUT2D eigenvalue weighted by Gasteiger charge is 2.19. The van der Waals surface area contributed by atoms with Gasteiger partial charge in [-0.15, -0.1) is 0 Å². The molecular weight excluding hydrogens is 520 g/mol. The average molecular weight is 563 g/mol.